The van der Waals surface area contributed by atoms with E-state index in [9.17, 15) is 9.90 Å². The van der Waals surface area contributed by atoms with Gasteiger partial charge in [-0.3, -0.25) is 0 Å². The molecule has 0 amide bonds. The van der Waals surface area contributed by atoms with Crippen molar-refractivity contribution in [3.8, 4) is 0 Å². The zero-order valence-electron chi connectivity index (χ0n) is 21.2. The van der Waals surface area contributed by atoms with Gasteiger partial charge in [0.05, 0.1) is 0 Å². The summed E-state index contributed by atoms with van der Waals surface area (Å²) in [4.78, 5) is 13.4. The molecule has 0 rings (SSSR count). The van der Waals surface area contributed by atoms with Gasteiger partial charge in [-0.2, -0.15) is 0 Å². The van der Waals surface area contributed by atoms with Crippen molar-refractivity contribution < 1.29 is 28.8 Å². The van der Waals surface area contributed by atoms with Crippen LogP contribution in [0.5, 0.6) is 0 Å². The van der Waals surface area contributed by atoms with Crippen LogP contribution < -0.4 is 24.0 Å². The van der Waals surface area contributed by atoms with E-state index >= 15 is 0 Å². The minimum atomic E-state index is -0.915. The van der Waals surface area contributed by atoms with Crippen LogP contribution in [0, 0.1) is 0 Å². The number of carbonyl (C=O) groups excluding carboxylic acids is 1. The number of carbonyl (C=O) groups is 1. The SMILES string of the molecule is CCCCCCCCCCCN(CCCCCCCCCCC)C(C)CC(=O)[O-].[Li+]. The molecule has 174 valence electrons. The van der Waals surface area contributed by atoms with Crippen molar-refractivity contribution in [1.82, 2.24) is 4.90 Å². The molecule has 0 saturated heterocycles. The van der Waals surface area contributed by atoms with Crippen LogP contribution >= 0.6 is 0 Å². The Kier molecular flexibility index (Phi) is 27.2. The van der Waals surface area contributed by atoms with Gasteiger partial charge in [0.15, 0.2) is 0 Å². The Morgan fingerprint density at radius 1 is 0.633 bits per heavy atom. The fourth-order valence-electron chi connectivity index (χ4n) is 4.17. The molecule has 3 nitrogen and oxygen atoms in total. The standard InChI is InChI=1S/C26H53NO2.Li/c1-4-6-8-10-12-14-16-18-20-22-27(25(3)24-26(28)29)23-21-19-17-15-13-11-9-7-5-2;/h25H,4-24H2,1-3H3,(H,28,29);/q;+1/p-1. The summed E-state index contributed by atoms with van der Waals surface area (Å²) in [7, 11) is 0. The number of hydrogen-bond donors (Lipinski definition) is 0. The number of hydrogen-bond acceptors (Lipinski definition) is 3. The smallest absolute Gasteiger partial charge is 0.550 e. The van der Waals surface area contributed by atoms with Crippen molar-refractivity contribution >= 4 is 5.97 Å². The van der Waals surface area contributed by atoms with Crippen LogP contribution in [0.1, 0.15) is 143 Å². The van der Waals surface area contributed by atoms with Gasteiger partial charge in [-0.1, -0.05) is 117 Å². The van der Waals surface area contributed by atoms with E-state index in [-0.39, 0.29) is 31.3 Å². The van der Waals surface area contributed by atoms with Gasteiger partial charge in [-0.05, 0) is 32.9 Å². The molecule has 1 atom stereocenters. The molecule has 0 saturated carbocycles. The zero-order valence-corrected chi connectivity index (χ0v) is 21.2. The molecule has 0 fully saturated rings. The third kappa shape index (κ3) is 22.7. The fourth-order valence-corrected chi connectivity index (χ4v) is 4.17. The molecular weight excluding hydrogens is 365 g/mol. The van der Waals surface area contributed by atoms with Crippen molar-refractivity contribution in [1.29, 1.82) is 0 Å². The monoisotopic (exact) mass is 417 g/mol. The van der Waals surface area contributed by atoms with Crippen LogP contribution in [0.2, 0.25) is 0 Å². The Bertz CT molecular complexity index is 330. The number of rotatable bonds is 23. The Morgan fingerprint density at radius 3 is 1.23 bits per heavy atom. The van der Waals surface area contributed by atoms with Crippen molar-refractivity contribution in [2.75, 3.05) is 13.1 Å². The molecule has 0 aromatic rings. The molecule has 30 heavy (non-hydrogen) atoms. The van der Waals surface area contributed by atoms with Crippen LogP contribution in [0.25, 0.3) is 0 Å². The number of carboxylic acid groups (broad SMARTS) is 1. The van der Waals surface area contributed by atoms with Crippen LogP contribution in [-0.4, -0.2) is 30.0 Å². The van der Waals surface area contributed by atoms with Gasteiger partial charge in [0.2, 0.25) is 0 Å². The van der Waals surface area contributed by atoms with Crippen molar-refractivity contribution in [2.45, 2.75) is 149 Å². The Balaban J connectivity index is 0. The van der Waals surface area contributed by atoms with Gasteiger partial charge < -0.3 is 14.8 Å². The molecule has 0 bridgehead atoms. The number of unbranched alkanes of at least 4 members (excludes halogenated alkanes) is 16. The zero-order chi connectivity index (χ0) is 21.6. The van der Waals surface area contributed by atoms with E-state index in [1.54, 1.807) is 0 Å². The molecule has 1 unspecified atom stereocenters. The summed E-state index contributed by atoms with van der Waals surface area (Å²) in [6.45, 7) is 8.67. The molecule has 0 heterocycles. The third-order valence-corrected chi connectivity index (χ3v) is 6.18. The van der Waals surface area contributed by atoms with Gasteiger partial charge in [0.25, 0.3) is 0 Å². The average Bonchev–Trinajstić information content (AvgIpc) is 2.69. The maximum absolute atomic E-state index is 11.0. The van der Waals surface area contributed by atoms with Gasteiger partial charge in [-0.25, -0.2) is 0 Å². The first-order valence-electron chi connectivity index (χ1n) is 13.1. The second-order valence-corrected chi connectivity index (χ2v) is 9.12. The number of carboxylic acids is 1. The van der Waals surface area contributed by atoms with Gasteiger partial charge >= 0.3 is 18.9 Å². The summed E-state index contributed by atoms with van der Waals surface area (Å²) < 4.78 is 0. The van der Waals surface area contributed by atoms with Gasteiger partial charge in [0, 0.05) is 18.4 Å². The molecule has 0 aromatic carbocycles. The van der Waals surface area contributed by atoms with Crippen LogP contribution in [0.15, 0.2) is 0 Å². The number of aliphatic carboxylic acids is 1. The normalized spacial score (nSPS) is 12.1. The second kappa shape index (κ2) is 25.3. The minimum absolute atomic E-state index is 0. The largest absolute Gasteiger partial charge is 1.00 e. The van der Waals surface area contributed by atoms with Crippen molar-refractivity contribution in [2.24, 2.45) is 0 Å². The molecule has 4 heteroatoms. The molecule has 0 aromatic heterocycles. The van der Waals surface area contributed by atoms with E-state index in [1.807, 2.05) is 0 Å². The third-order valence-electron chi connectivity index (χ3n) is 6.18. The molecule has 0 N–H and O–H groups in total. The summed E-state index contributed by atoms with van der Waals surface area (Å²) in [5, 5.41) is 11.0. The first kappa shape index (κ1) is 32.2. The van der Waals surface area contributed by atoms with E-state index in [1.165, 1.54) is 116 Å². The second-order valence-electron chi connectivity index (χ2n) is 9.12. The first-order chi connectivity index (χ1) is 14.1. The number of nitrogens with zero attached hydrogens (tertiary/aromatic N) is 1. The van der Waals surface area contributed by atoms with Crippen molar-refractivity contribution in [3.05, 3.63) is 0 Å². The fraction of sp³-hybridized carbons (Fsp3) is 0.962. The molecule has 0 radical (unpaired) electrons. The van der Waals surface area contributed by atoms with Crippen LogP contribution in [0.4, 0.5) is 0 Å². The summed E-state index contributed by atoms with van der Waals surface area (Å²) in [6, 6.07) is 0.100. The van der Waals surface area contributed by atoms with E-state index in [4.69, 9.17) is 0 Å². The molecule has 0 aliphatic rings. The molecular formula is C26H52LiNO2. The van der Waals surface area contributed by atoms with Crippen LogP contribution in [0.3, 0.4) is 0 Å². The van der Waals surface area contributed by atoms with E-state index in [0.29, 0.717) is 0 Å². The Morgan fingerprint density at radius 2 is 0.933 bits per heavy atom. The summed E-state index contributed by atoms with van der Waals surface area (Å²) in [5.74, 6) is -0.915. The quantitative estimate of drug-likeness (QED) is 0.187. The molecule has 0 spiro atoms. The predicted molar refractivity (Wildman–Crippen MR) is 125 cm³/mol. The van der Waals surface area contributed by atoms with E-state index in [2.05, 4.69) is 25.7 Å². The summed E-state index contributed by atoms with van der Waals surface area (Å²) in [5.41, 5.74) is 0. The Labute approximate surface area is 201 Å². The van der Waals surface area contributed by atoms with Crippen LogP contribution in [-0.2, 0) is 4.79 Å². The van der Waals surface area contributed by atoms with Gasteiger partial charge in [-0.15, -0.1) is 0 Å². The predicted octanol–water partition coefficient (Wildman–Crippen LogP) is 3.88. The first-order valence-corrected chi connectivity index (χ1v) is 13.1. The minimum Gasteiger partial charge on any atom is -0.550 e. The maximum atomic E-state index is 11.0. The average molecular weight is 418 g/mol. The van der Waals surface area contributed by atoms with Gasteiger partial charge in [0.1, 0.15) is 0 Å². The molecule has 0 aliphatic heterocycles. The topological polar surface area (TPSA) is 43.4 Å². The Hall–Kier alpha value is 0.0274. The molecule has 0 aliphatic carbocycles. The van der Waals surface area contributed by atoms with E-state index < -0.39 is 5.97 Å². The van der Waals surface area contributed by atoms with E-state index in [0.717, 1.165) is 13.1 Å². The summed E-state index contributed by atoms with van der Waals surface area (Å²) in [6.07, 6.45) is 24.2. The maximum Gasteiger partial charge on any atom is 1.00 e. The van der Waals surface area contributed by atoms with Crippen molar-refractivity contribution in [3.63, 3.8) is 0 Å². The summed E-state index contributed by atoms with van der Waals surface area (Å²) >= 11 is 0.